The van der Waals surface area contributed by atoms with E-state index in [9.17, 15) is 4.39 Å². The quantitative estimate of drug-likeness (QED) is 0.509. The molecule has 3 aliphatic heterocycles. The van der Waals surface area contributed by atoms with Gasteiger partial charge in [-0.2, -0.15) is 0 Å². The molecule has 6 heterocycles. The molecule has 3 aromatic rings. The highest BCUT2D eigenvalue weighted by molar-refractivity contribution is 6.01. The molecule has 7 heteroatoms. The number of hydrogen-bond donors (Lipinski definition) is 1. The normalized spacial score (nSPS) is 20.7. The number of aromatic nitrogens is 3. The summed E-state index contributed by atoms with van der Waals surface area (Å²) < 4.78 is 12.7. The number of alkyl halides is 1. The molecule has 0 aliphatic carbocycles. The minimum Gasteiger partial charge on any atom is -0.306 e. The molecule has 36 heavy (non-hydrogen) atoms. The molecule has 0 saturated carbocycles. The van der Waals surface area contributed by atoms with E-state index in [-0.39, 0.29) is 0 Å². The van der Waals surface area contributed by atoms with Crippen LogP contribution in [0.3, 0.4) is 0 Å². The van der Waals surface area contributed by atoms with Gasteiger partial charge in [0.05, 0.1) is 6.54 Å². The molecular weight excluding hydrogens is 451 g/mol. The van der Waals surface area contributed by atoms with Crippen molar-refractivity contribution in [2.75, 3.05) is 19.6 Å². The Morgan fingerprint density at radius 2 is 1.47 bits per heavy atom. The van der Waals surface area contributed by atoms with Crippen molar-refractivity contribution in [2.45, 2.75) is 44.3 Å². The first-order valence-electron chi connectivity index (χ1n) is 12.6. The molecule has 0 spiro atoms. The van der Waals surface area contributed by atoms with Crippen molar-refractivity contribution in [2.24, 2.45) is 9.98 Å². The molecule has 0 aromatic carbocycles. The number of hydrogen-bond acceptors (Lipinski definition) is 6. The Balaban J connectivity index is 0.000000127. The Bertz CT molecular complexity index is 1130. The SMILES string of the molecule is C1=CC[C@@H](c2cccnc2)NC1.FC1CCC(c2cccnc2)=NC1.c1cncc(C2=NCCC2)c1. The van der Waals surface area contributed by atoms with E-state index in [2.05, 4.69) is 54.5 Å². The van der Waals surface area contributed by atoms with Crippen LogP contribution in [0, 0.1) is 0 Å². The van der Waals surface area contributed by atoms with Crippen LogP contribution in [0.4, 0.5) is 4.39 Å². The summed E-state index contributed by atoms with van der Waals surface area (Å²) in [5, 5.41) is 3.41. The van der Waals surface area contributed by atoms with Gasteiger partial charge in [-0.3, -0.25) is 24.9 Å². The lowest BCUT2D eigenvalue weighted by Gasteiger charge is -2.19. The molecule has 3 aliphatic rings. The van der Waals surface area contributed by atoms with Crippen LogP contribution in [-0.2, 0) is 0 Å². The van der Waals surface area contributed by atoms with E-state index in [1.165, 1.54) is 23.3 Å². The third-order valence-corrected chi connectivity index (χ3v) is 6.15. The zero-order chi connectivity index (χ0) is 24.8. The molecule has 0 radical (unpaired) electrons. The number of aliphatic imine (C=N–C) groups is 2. The topological polar surface area (TPSA) is 75.4 Å². The minimum atomic E-state index is -0.750. The molecule has 0 fully saturated rings. The fraction of sp³-hybridized carbons (Fsp3) is 0.345. The van der Waals surface area contributed by atoms with Crippen molar-refractivity contribution in [3.05, 3.63) is 102 Å². The summed E-state index contributed by atoms with van der Waals surface area (Å²) in [5.41, 5.74) is 5.70. The highest BCUT2D eigenvalue weighted by atomic mass is 19.1. The van der Waals surface area contributed by atoms with E-state index in [0.29, 0.717) is 19.0 Å². The Labute approximate surface area is 212 Å². The Kier molecular flexibility index (Phi) is 9.99. The van der Waals surface area contributed by atoms with Crippen molar-refractivity contribution >= 4 is 11.4 Å². The summed E-state index contributed by atoms with van der Waals surface area (Å²) in [6.07, 6.45) is 19.2. The van der Waals surface area contributed by atoms with E-state index in [1.54, 1.807) is 18.6 Å². The van der Waals surface area contributed by atoms with Crippen LogP contribution in [0.1, 0.15) is 54.8 Å². The van der Waals surface area contributed by atoms with Crippen LogP contribution in [-0.4, -0.2) is 52.2 Å². The first-order chi connectivity index (χ1) is 17.8. The maximum absolute atomic E-state index is 12.7. The largest absolute Gasteiger partial charge is 0.306 e. The fourth-order valence-corrected chi connectivity index (χ4v) is 4.20. The Morgan fingerprint density at radius 1 is 0.778 bits per heavy atom. The minimum absolute atomic E-state index is 0.310. The third kappa shape index (κ3) is 7.99. The zero-order valence-corrected chi connectivity index (χ0v) is 20.5. The van der Waals surface area contributed by atoms with Gasteiger partial charge in [-0.05, 0) is 55.9 Å². The second-order valence-corrected chi connectivity index (χ2v) is 8.79. The van der Waals surface area contributed by atoms with Crippen LogP contribution in [0.15, 0.2) is 95.7 Å². The summed E-state index contributed by atoms with van der Waals surface area (Å²) in [4.78, 5) is 20.7. The van der Waals surface area contributed by atoms with Gasteiger partial charge in [0.15, 0.2) is 0 Å². The second kappa shape index (κ2) is 14.1. The molecule has 3 aromatic heterocycles. The van der Waals surface area contributed by atoms with E-state index in [1.807, 2.05) is 42.9 Å². The lowest BCUT2D eigenvalue weighted by Crippen LogP contribution is -2.23. The van der Waals surface area contributed by atoms with E-state index >= 15 is 0 Å². The fourth-order valence-electron chi connectivity index (χ4n) is 4.20. The molecule has 6 rings (SSSR count). The maximum Gasteiger partial charge on any atom is 0.120 e. The van der Waals surface area contributed by atoms with Crippen molar-refractivity contribution < 1.29 is 4.39 Å². The Hall–Kier alpha value is -3.58. The van der Waals surface area contributed by atoms with E-state index in [4.69, 9.17) is 0 Å². The summed E-state index contributed by atoms with van der Waals surface area (Å²) in [6.45, 7) is 2.27. The molecular formula is C29H33FN6. The molecule has 0 amide bonds. The number of nitrogens with one attached hydrogen (secondary N) is 1. The van der Waals surface area contributed by atoms with Gasteiger partial charge in [0, 0.05) is 78.9 Å². The van der Waals surface area contributed by atoms with Gasteiger partial charge >= 0.3 is 0 Å². The average molecular weight is 485 g/mol. The monoisotopic (exact) mass is 484 g/mol. The van der Waals surface area contributed by atoms with Gasteiger partial charge in [-0.25, -0.2) is 4.39 Å². The van der Waals surface area contributed by atoms with Crippen LogP contribution < -0.4 is 5.32 Å². The van der Waals surface area contributed by atoms with Gasteiger partial charge in [-0.1, -0.05) is 30.4 Å². The highest BCUT2D eigenvalue weighted by Gasteiger charge is 2.15. The van der Waals surface area contributed by atoms with Crippen LogP contribution >= 0.6 is 0 Å². The number of halogens is 1. The van der Waals surface area contributed by atoms with Crippen LogP contribution in [0.2, 0.25) is 0 Å². The van der Waals surface area contributed by atoms with Crippen molar-refractivity contribution in [1.29, 1.82) is 0 Å². The first kappa shape index (κ1) is 25.5. The summed E-state index contributed by atoms with van der Waals surface area (Å²) in [6, 6.07) is 12.4. The summed E-state index contributed by atoms with van der Waals surface area (Å²) >= 11 is 0. The Morgan fingerprint density at radius 3 is 1.97 bits per heavy atom. The molecule has 1 N–H and O–H groups in total. The number of pyridine rings is 3. The van der Waals surface area contributed by atoms with E-state index < -0.39 is 6.17 Å². The van der Waals surface area contributed by atoms with Gasteiger partial charge in [0.2, 0.25) is 0 Å². The lowest BCUT2D eigenvalue weighted by atomic mass is 10.0. The molecule has 0 bridgehead atoms. The molecule has 1 unspecified atom stereocenters. The van der Waals surface area contributed by atoms with Crippen LogP contribution in [0.25, 0.3) is 0 Å². The highest BCUT2D eigenvalue weighted by Crippen LogP contribution is 2.18. The molecule has 2 atom stereocenters. The van der Waals surface area contributed by atoms with Crippen LogP contribution in [0.5, 0.6) is 0 Å². The predicted octanol–water partition coefficient (Wildman–Crippen LogP) is 5.34. The number of nitrogens with zero attached hydrogens (tertiary/aromatic N) is 5. The molecule has 186 valence electrons. The van der Waals surface area contributed by atoms with Gasteiger partial charge < -0.3 is 5.32 Å². The summed E-state index contributed by atoms with van der Waals surface area (Å²) in [5.74, 6) is 0. The number of rotatable bonds is 3. The maximum atomic E-state index is 12.7. The standard InChI is InChI=1S/C10H11FN2.C10H12N2.C9H10N2/c11-9-3-4-10(13-7-9)8-2-1-5-12-6-8;1-2-7-12-10(5-1)9-4-3-6-11-8-9;1-3-8(7-10-5-1)9-4-2-6-11-9/h1-2,5-6,9H,3-4,7H2;1-4,6,8,10,12H,5,7H2;1,3,5,7H,2,4,6H2/t;10-;/m.0./s1. The van der Waals surface area contributed by atoms with Crippen molar-refractivity contribution in [3.63, 3.8) is 0 Å². The first-order valence-corrected chi connectivity index (χ1v) is 12.6. The lowest BCUT2D eigenvalue weighted by molar-refractivity contribution is 0.320. The van der Waals surface area contributed by atoms with Crippen molar-refractivity contribution in [1.82, 2.24) is 20.3 Å². The zero-order valence-electron chi connectivity index (χ0n) is 20.5. The van der Waals surface area contributed by atoms with Gasteiger partial charge in [0.1, 0.15) is 6.17 Å². The molecule has 0 saturated heterocycles. The molecule has 6 nitrogen and oxygen atoms in total. The van der Waals surface area contributed by atoms with Gasteiger partial charge in [0.25, 0.3) is 0 Å². The average Bonchev–Trinajstić information content (AvgIpc) is 3.52. The van der Waals surface area contributed by atoms with Crippen molar-refractivity contribution in [3.8, 4) is 0 Å². The van der Waals surface area contributed by atoms with E-state index in [0.717, 1.165) is 43.6 Å². The predicted molar refractivity (Wildman–Crippen MR) is 143 cm³/mol. The third-order valence-electron chi connectivity index (χ3n) is 6.15. The second-order valence-electron chi connectivity index (χ2n) is 8.79. The van der Waals surface area contributed by atoms with Gasteiger partial charge in [-0.15, -0.1) is 0 Å². The summed E-state index contributed by atoms with van der Waals surface area (Å²) in [7, 11) is 0. The smallest absolute Gasteiger partial charge is 0.120 e.